The van der Waals surface area contributed by atoms with Gasteiger partial charge in [-0.2, -0.15) is 0 Å². The molecule has 0 spiro atoms. The highest BCUT2D eigenvalue weighted by Gasteiger charge is 2.22. The second kappa shape index (κ2) is 7.97. The van der Waals surface area contributed by atoms with Gasteiger partial charge in [0.1, 0.15) is 10.7 Å². The molecular formula is C18H22ClN3O2S. The van der Waals surface area contributed by atoms with E-state index in [0.29, 0.717) is 17.3 Å². The standard InChI is InChI=1S/C18H22ClN3O2S/c1-5-22(10-15(23)21-18(2,3)4)17(24)14-11-25-16(20-14)12-7-6-8-13(19)9-12/h6-9,11H,5,10H2,1-4H3,(H,21,23). The Labute approximate surface area is 157 Å². The molecule has 0 fully saturated rings. The van der Waals surface area contributed by atoms with Crippen molar-refractivity contribution in [1.29, 1.82) is 0 Å². The summed E-state index contributed by atoms with van der Waals surface area (Å²) in [7, 11) is 0. The van der Waals surface area contributed by atoms with Crippen LogP contribution in [0.4, 0.5) is 0 Å². The van der Waals surface area contributed by atoms with Crippen LogP contribution in [-0.2, 0) is 4.79 Å². The Balaban J connectivity index is 2.12. The van der Waals surface area contributed by atoms with Crippen LogP contribution in [0.15, 0.2) is 29.6 Å². The highest BCUT2D eigenvalue weighted by molar-refractivity contribution is 7.13. The van der Waals surface area contributed by atoms with Gasteiger partial charge in [0.05, 0.1) is 6.54 Å². The summed E-state index contributed by atoms with van der Waals surface area (Å²) in [5.41, 5.74) is 0.871. The number of halogens is 1. The minimum absolute atomic E-state index is 0.0105. The fourth-order valence-electron chi connectivity index (χ4n) is 2.25. The number of nitrogens with zero attached hydrogens (tertiary/aromatic N) is 2. The second-order valence-electron chi connectivity index (χ2n) is 6.67. The molecule has 2 aromatic rings. The van der Waals surface area contributed by atoms with Gasteiger partial charge in [0.2, 0.25) is 5.91 Å². The molecule has 0 atom stereocenters. The van der Waals surface area contributed by atoms with Gasteiger partial charge in [-0.15, -0.1) is 11.3 Å². The molecule has 2 amide bonds. The monoisotopic (exact) mass is 379 g/mol. The molecule has 0 bridgehead atoms. The number of nitrogens with one attached hydrogen (secondary N) is 1. The van der Waals surface area contributed by atoms with Crippen LogP contribution in [0, 0.1) is 0 Å². The van der Waals surface area contributed by atoms with Gasteiger partial charge in [0.15, 0.2) is 0 Å². The van der Waals surface area contributed by atoms with Crippen LogP contribution in [0.5, 0.6) is 0 Å². The zero-order valence-electron chi connectivity index (χ0n) is 14.8. The van der Waals surface area contributed by atoms with Crippen molar-refractivity contribution in [2.24, 2.45) is 0 Å². The molecular weight excluding hydrogens is 358 g/mol. The molecule has 0 aliphatic carbocycles. The lowest BCUT2D eigenvalue weighted by Crippen LogP contribution is -2.47. The first kappa shape index (κ1) is 19.4. The van der Waals surface area contributed by atoms with Crippen LogP contribution in [0.2, 0.25) is 5.02 Å². The topological polar surface area (TPSA) is 62.3 Å². The minimum atomic E-state index is -0.333. The molecule has 0 radical (unpaired) electrons. The van der Waals surface area contributed by atoms with Crippen molar-refractivity contribution in [3.05, 3.63) is 40.4 Å². The summed E-state index contributed by atoms with van der Waals surface area (Å²) in [5.74, 6) is -0.441. The number of carbonyl (C=O) groups excluding carboxylic acids is 2. The summed E-state index contributed by atoms with van der Waals surface area (Å²) >= 11 is 7.38. The van der Waals surface area contributed by atoms with Crippen molar-refractivity contribution in [3.8, 4) is 10.6 Å². The number of thiazole rings is 1. The predicted octanol–water partition coefficient (Wildman–Crippen LogP) is 3.84. The van der Waals surface area contributed by atoms with Gasteiger partial charge < -0.3 is 10.2 Å². The molecule has 1 N–H and O–H groups in total. The van der Waals surface area contributed by atoms with Gasteiger partial charge >= 0.3 is 0 Å². The molecule has 0 unspecified atom stereocenters. The molecule has 25 heavy (non-hydrogen) atoms. The molecule has 0 aliphatic rings. The number of benzene rings is 1. The van der Waals surface area contributed by atoms with E-state index < -0.39 is 0 Å². The van der Waals surface area contributed by atoms with Gasteiger partial charge in [-0.3, -0.25) is 9.59 Å². The quantitative estimate of drug-likeness (QED) is 0.858. The Morgan fingerprint density at radius 1 is 1.32 bits per heavy atom. The second-order valence-corrected chi connectivity index (χ2v) is 7.96. The first-order valence-corrected chi connectivity index (χ1v) is 9.27. The molecule has 2 rings (SSSR count). The highest BCUT2D eigenvalue weighted by atomic mass is 35.5. The number of amides is 2. The molecule has 5 nitrogen and oxygen atoms in total. The van der Waals surface area contributed by atoms with E-state index in [0.717, 1.165) is 10.6 Å². The lowest BCUT2D eigenvalue weighted by Gasteiger charge is -2.24. The van der Waals surface area contributed by atoms with Crippen molar-refractivity contribution in [2.45, 2.75) is 33.2 Å². The Kier molecular flexibility index (Phi) is 6.19. The Morgan fingerprint density at radius 3 is 2.64 bits per heavy atom. The van der Waals surface area contributed by atoms with Crippen LogP contribution in [-0.4, -0.2) is 40.3 Å². The molecule has 1 aromatic carbocycles. The fraction of sp³-hybridized carbons (Fsp3) is 0.389. The van der Waals surface area contributed by atoms with E-state index in [9.17, 15) is 9.59 Å². The first-order chi connectivity index (χ1) is 11.7. The smallest absolute Gasteiger partial charge is 0.273 e. The van der Waals surface area contributed by atoms with Gasteiger partial charge in [-0.05, 0) is 39.8 Å². The van der Waals surface area contributed by atoms with Crippen molar-refractivity contribution in [1.82, 2.24) is 15.2 Å². The number of aromatic nitrogens is 1. The van der Waals surface area contributed by atoms with Crippen LogP contribution in [0.3, 0.4) is 0 Å². The van der Waals surface area contributed by atoms with Crippen molar-refractivity contribution in [2.75, 3.05) is 13.1 Å². The zero-order valence-corrected chi connectivity index (χ0v) is 16.4. The lowest BCUT2D eigenvalue weighted by atomic mass is 10.1. The van der Waals surface area contributed by atoms with Crippen molar-refractivity contribution >= 4 is 34.8 Å². The molecule has 0 saturated carbocycles. The summed E-state index contributed by atoms with van der Waals surface area (Å²) in [5, 5.41) is 5.92. The molecule has 134 valence electrons. The van der Waals surface area contributed by atoms with E-state index in [1.165, 1.54) is 16.2 Å². The third-order valence-electron chi connectivity index (χ3n) is 3.31. The number of carbonyl (C=O) groups is 2. The van der Waals surface area contributed by atoms with E-state index in [-0.39, 0.29) is 23.9 Å². The summed E-state index contributed by atoms with van der Waals surface area (Å²) in [6.07, 6.45) is 0. The molecule has 7 heteroatoms. The van der Waals surface area contributed by atoms with Gasteiger partial charge in [-0.25, -0.2) is 4.98 Å². The van der Waals surface area contributed by atoms with E-state index in [1.54, 1.807) is 11.4 Å². The average molecular weight is 380 g/mol. The maximum Gasteiger partial charge on any atom is 0.273 e. The summed E-state index contributed by atoms with van der Waals surface area (Å²) in [6.45, 7) is 7.99. The fourth-order valence-corrected chi connectivity index (χ4v) is 3.23. The number of hydrogen-bond donors (Lipinski definition) is 1. The third kappa shape index (κ3) is 5.54. The predicted molar refractivity (Wildman–Crippen MR) is 102 cm³/mol. The van der Waals surface area contributed by atoms with E-state index in [4.69, 9.17) is 11.6 Å². The van der Waals surface area contributed by atoms with Crippen LogP contribution < -0.4 is 5.32 Å². The summed E-state index contributed by atoms with van der Waals surface area (Å²) in [6, 6.07) is 7.34. The number of hydrogen-bond acceptors (Lipinski definition) is 4. The number of likely N-dealkylation sites (N-methyl/N-ethyl adjacent to an activating group) is 1. The Hall–Kier alpha value is -1.92. The van der Waals surface area contributed by atoms with Crippen molar-refractivity contribution < 1.29 is 9.59 Å². The van der Waals surface area contributed by atoms with Crippen LogP contribution in [0.25, 0.3) is 10.6 Å². The first-order valence-electron chi connectivity index (χ1n) is 8.01. The van der Waals surface area contributed by atoms with Crippen LogP contribution >= 0.6 is 22.9 Å². The molecule has 1 heterocycles. The van der Waals surface area contributed by atoms with E-state index in [1.807, 2.05) is 45.9 Å². The van der Waals surface area contributed by atoms with Crippen LogP contribution in [0.1, 0.15) is 38.2 Å². The lowest BCUT2D eigenvalue weighted by molar-refractivity contribution is -0.123. The van der Waals surface area contributed by atoms with Crippen molar-refractivity contribution in [3.63, 3.8) is 0 Å². The third-order valence-corrected chi connectivity index (χ3v) is 4.44. The zero-order chi connectivity index (χ0) is 18.6. The van der Waals surface area contributed by atoms with Gasteiger partial charge in [0.25, 0.3) is 5.91 Å². The Morgan fingerprint density at radius 2 is 2.04 bits per heavy atom. The van der Waals surface area contributed by atoms with E-state index >= 15 is 0 Å². The molecule has 0 saturated heterocycles. The average Bonchev–Trinajstić information content (AvgIpc) is 3.00. The summed E-state index contributed by atoms with van der Waals surface area (Å²) in [4.78, 5) is 30.6. The largest absolute Gasteiger partial charge is 0.350 e. The maximum atomic E-state index is 12.7. The maximum absolute atomic E-state index is 12.7. The SMILES string of the molecule is CCN(CC(=O)NC(C)(C)C)C(=O)c1csc(-c2cccc(Cl)c2)n1. The molecule has 0 aliphatic heterocycles. The normalized spacial score (nSPS) is 11.2. The number of rotatable bonds is 5. The molecule has 1 aromatic heterocycles. The van der Waals surface area contributed by atoms with Gasteiger partial charge in [-0.1, -0.05) is 23.7 Å². The highest BCUT2D eigenvalue weighted by Crippen LogP contribution is 2.26. The van der Waals surface area contributed by atoms with Gasteiger partial charge in [0, 0.05) is 28.0 Å². The Bertz CT molecular complexity index is 768. The summed E-state index contributed by atoms with van der Waals surface area (Å²) < 4.78 is 0. The van der Waals surface area contributed by atoms with E-state index in [2.05, 4.69) is 10.3 Å². The minimum Gasteiger partial charge on any atom is -0.350 e.